The Bertz CT molecular complexity index is 1720. The number of sulfonamides is 1. The van der Waals surface area contributed by atoms with Crippen molar-refractivity contribution in [1.29, 1.82) is 0 Å². The van der Waals surface area contributed by atoms with Crippen molar-refractivity contribution in [2.45, 2.75) is 18.4 Å². The molecule has 0 unspecified atom stereocenters. The molecular weight excluding hydrogens is 600 g/mol. The maximum atomic E-state index is 13.6. The van der Waals surface area contributed by atoms with E-state index >= 15 is 0 Å². The first-order valence-electron chi connectivity index (χ1n) is 12.0. The molecule has 198 valence electrons. The molecule has 11 heteroatoms. The molecule has 8 nitrogen and oxygen atoms in total. The lowest BCUT2D eigenvalue weighted by atomic mass is 10.2. The minimum Gasteiger partial charge on any atom is -0.463 e. The first kappa shape index (κ1) is 26.9. The zero-order chi connectivity index (χ0) is 27.4. The molecule has 0 aliphatic rings. The van der Waals surface area contributed by atoms with Crippen LogP contribution in [0.1, 0.15) is 28.6 Å². The van der Waals surface area contributed by atoms with E-state index in [9.17, 15) is 13.2 Å². The molecule has 0 saturated carbocycles. The first-order chi connectivity index (χ1) is 18.8. The largest absolute Gasteiger partial charge is 0.463 e. The van der Waals surface area contributed by atoms with Crippen LogP contribution in [0.2, 0.25) is 0 Å². The third-order valence-corrected chi connectivity index (χ3v) is 9.27. The quantitative estimate of drug-likeness (QED) is 0.137. The number of thiazole rings is 1. The van der Waals surface area contributed by atoms with Crippen molar-refractivity contribution in [3.05, 3.63) is 113 Å². The van der Waals surface area contributed by atoms with Crippen molar-refractivity contribution >= 4 is 64.8 Å². The monoisotopic (exact) mass is 622 g/mol. The summed E-state index contributed by atoms with van der Waals surface area (Å²) in [5.41, 5.74) is 1.88. The van der Waals surface area contributed by atoms with Gasteiger partial charge in [0.15, 0.2) is 0 Å². The van der Waals surface area contributed by atoms with E-state index < -0.39 is 15.9 Å². The van der Waals surface area contributed by atoms with Crippen molar-refractivity contribution in [3.63, 3.8) is 0 Å². The van der Waals surface area contributed by atoms with Gasteiger partial charge in [-0.25, -0.2) is 13.4 Å². The van der Waals surface area contributed by atoms with Gasteiger partial charge in [0, 0.05) is 23.1 Å². The van der Waals surface area contributed by atoms with E-state index in [-0.39, 0.29) is 17.0 Å². The summed E-state index contributed by atoms with van der Waals surface area (Å²) in [5.74, 6) is 0.00711. The Hall–Kier alpha value is -3.64. The average Bonchev–Trinajstić information content (AvgIpc) is 3.62. The highest BCUT2D eigenvalue weighted by atomic mass is 79.9. The molecule has 0 N–H and O–H groups in total. The molecule has 5 aromatic rings. The van der Waals surface area contributed by atoms with E-state index in [2.05, 4.69) is 26.0 Å². The van der Waals surface area contributed by atoms with Gasteiger partial charge in [0.2, 0.25) is 15.2 Å². The number of carbonyl (C=O) groups excluding carboxylic acids is 1. The number of carbonyl (C=O) groups is 1. The number of anilines is 1. The number of furan rings is 1. The van der Waals surface area contributed by atoms with Gasteiger partial charge in [-0.1, -0.05) is 64.5 Å². The fourth-order valence-corrected chi connectivity index (χ4v) is 6.75. The number of nitrogens with zero attached hydrogens (tertiary/aromatic N) is 4. The second-order valence-electron chi connectivity index (χ2n) is 8.43. The fourth-order valence-electron chi connectivity index (χ4n) is 3.84. The predicted octanol–water partition coefficient (Wildman–Crippen LogP) is 6.54. The lowest BCUT2D eigenvalue weighted by Gasteiger charge is -2.21. The maximum Gasteiger partial charge on any atom is 0.280 e. The summed E-state index contributed by atoms with van der Waals surface area (Å²) in [4.78, 5) is 18.3. The summed E-state index contributed by atoms with van der Waals surface area (Å²) in [6.07, 6.45) is 2.95. The summed E-state index contributed by atoms with van der Waals surface area (Å²) in [7, 11) is -3.77. The van der Waals surface area contributed by atoms with Crippen LogP contribution < -0.4 is 5.01 Å². The molecule has 0 radical (unpaired) electrons. The molecule has 1 amide bonds. The van der Waals surface area contributed by atoms with Crippen LogP contribution in [0.5, 0.6) is 0 Å². The third kappa shape index (κ3) is 6.01. The minimum atomic E-state index is -3.77. The molecule has 0 aliphatic heterocycles. The van der Waals surface area contributed by atoms with Gasteiger partial charge in [0.25, 0.3) is 5.91 Å². The van der Waals surface area contributed by atoms with Crippen molar-refractivity contribution in [3.8, 4) is 0 Å². The standard InChI is InChI=1S/C28H23BrN4O4S2/c1-2-32(19-20-7-4-3-5-8-20)39(35,36)24-13-10-21(11-14-24)27(34)33(30-18-23-9-6-16-37-23)28-31-25-15-12-22(29)17-26(25)38-28/h3-18H,2,19H2,1H3/b30-18+. The smallest absolute Gasteiger partial charge is 0.280 e. The highest BCUT2D eigenvalue weighted by molar-refractivity contribution is 9.10. The van der Waals surface area contributed by atoms with Crippen LogP contribution >= 0.6 is 27.3 Å². The molecule has 39 heavy (non-hydrogen) atoms. The normalized spacial score (nSPS) is 12.0. The van der Waals surface area contributed by atoms with Crippen molar-refractivity contribution in [2.75, 3.05) is 11.6 Å². The number of aromatic nitrogens is 1. The third-order valence-electron chi connectivity index (χ3n) is 5.85. The number of fused-ring (bicyclic) bond motifs is 1. The Morgan fingerprint density at radius 3 is 2.51 bits per heavy atom. The van der Waals surface area contributed by atoms with Crippen LogP contribution in [0.15, 0.2) is 110 Å². The molecule has 2 heterocycles. The van der Waals surface area contributed by atoms with Crippen LogP contribution in [0.3, 0.4) is 0 Å². The van der Waals surface area contributed by atoms with Crippen molar-refractivity contribution in [1.82, 2.24) is 9.29 Å². The van der Waals surface area contributed by atoms with Crippen LogP contribution in [-0.2, 0) is 16.6 Å². The second-order valence-corrected chi connectivity index (χ2v) is 12.3. The van der Waals surface area contributed by atoms with Gasteiger partial charge in [0.1, 0.15) is 5.76 Å². The van der Waals surface area contributed by atoms with Gasteiger partial charge in [0.05, 0.1) is 27.6 Å². The number of rotatable bonds is 9. The maximum absolute atomic E-state index is 13.6. The Kier molecular flexibility index (Phi) is 8.03. The summed E-state index contributed by atoms with van der Waals surface area (Å²) in [6, 6.07) is 24.4. The van der Waals surface area contributed by atoms with Crippen LogP contribution in [0, 0.1) is 0 Å². The summed E-state index contributed by atoms with van der Waals surface area (Å²) < 4.78 is 35.2. The average molecular weight is 624 g/mol. The molecule has 2 aromatic heterocycles. The van der Waals surface area contributed by atoms with Gasteiger partial charge in [-0.2, -0.15) is 14.4 Å². The lowest BCUT2D eigenvalue weighted by Crippen LogP contribution is -2.30. The number of halogens is 1. The topological polar surface area (TPSA) is 96.1 Å². The highest BCUT2D eigenvalue weighted by Gasteiger charge is 2.25. The van der Waals surface area contributed by atoms with Gasteiger partial charge in [-0.3, -0.25) is 4.79 Å². The van der Waals surface area contributed by atoms with Gasteiger partial charge >= 0.3 is 0 Å². The van der Waals surface area contributed by atoms with Crippen LogP contribution in [-0.4, -0.2) is 36.4 Å². The fraction of sp³-hybridized carbons (Fsp3) is 0.107. The van der Waals surface area contributed by atoms with Crippen LogP contribution in [0.4, 0.5) is 5.13 Å². The molecule has 5 rings (SSSR count). The SMILES string of the molecule is CCN(Cc1ccccc1)S(=O)(=O)c1ccc(C(=O)N(/N=C/c2ccco2)c2nc3ccc(Br)cc3s2)cc1. The minimum absolute atomic E-state index is 0.104. The molecule has 0 atom stereocenters. The number of benzene rings is 3. The molecule has 0 aliphatic carbocycles. The molecule has 3 aromatic carbocycles. The Morgan fingerprint density at radius 2 is 1.82 bits per heavy atom. The molecular formula is C28H23BrN4O4S2. The summed E-state index contributed by atoms with van der Waals surface area (Å²) in [5, 5.41) is 5.93. The lowest BCUT2D eigenvalue weighted by molar-refractivity contribution is 0.0987. The zero-order valence-corrected chi connectivity index (χ0v) is 24.0. The van der Waals surface area contributed by atoms with Gasteiger partial charge < -0.3 is 4.42 Å². The number of hydrogen-bond acceptors (Lipinski definition) is 7. The number of hydrazone groups is 1. The highest BCUT2D eigenvalue weighted by Crippen LogP contribution is 2.32. The van der Waals surface area contributed by atoms with Gasteiger partial charge in [-0.15, -0.1) is 0 Å². The Balaban J connectivity index is 1.44. The summed E-state index contributed by atoms with van der Waals surface area (Å²) in [6.45, 7) is 2.36. The summed E-state index contributed by atoms with van der Waals surface area (Å²) >= 11 is 4.77. The Labute approximate surface area is 238 Å². The molecule has 0 saturated heterocycles. The Morgan fingerprint density at radius 1 is 1.05 bits per heavy atom. The molecule has 0 bridgehead atoms. The van der Waals surface area contributed by atoms with Crippen molar-refractivity contribution < 1.29 is 17.6 Å². The molecule has 0 spiro atoms. The number of hydrogen-bond donors (Lipinski definition) is 0. The number of amides is 1. The zero-order valence-electron chi connectivity index (χ0n) is 20.8. The molecule has 0 fully saturated rings. The van der Waals surface area contributed by atoms with E-state index in [1.165, 1.54) is 57.4 Å². The van der Waals surface area contributed by atoms with E-state index in [1.54, 1.807) is 19.1 Å². The second kappa shape index (κ2) is 11.6. The van der Waals surface area contributed by atoms with E-state index in [0.717, 1.165) is 20.3 Å². The van der Waals surface area contributed by atoms with Gasteiger partial charge in [-0.05, 0) is 60.2 Å². The first-order valence-corrected chi connectivity index (χ1v) is 15.0. The predicted molar refractivity (Wildman–Crippen MR) is 157 cm³/mol. The van der Waals surface area contributed by atoms with E-state index in [4.69, 9.17) is 4.42 Å². The van der Waals surface area contributed by atoms with Crippen LogP contribution in [0.25, 0.3) is 10.2 Å². The van der Waals surface area contributed by atoms with E-state index in [0.29, 0.717) is 17.4 Å². The van der Waals surface area contributed by atoms with E-state index in [1.807, 2.05) is 48.5 Å². The van der Waals surface area contributed by atoms with Crippen molar-refractivity contribution in [2.24, 2.45) is 5.10 Å².